The Balaban J connectivity index is 1.86. The Hall–Kier alpha value is -3.45. The Morgan fingerprint density at radius 2 is 1.86 bits per heavy atom. The first kappa shape index (κ1) is 17.9. The lowest BCUT2D eigenvalue weighted by Gasteiger charge is -2.11. The van der Waals surface area contributed by atoms with Crippen LogP contribution in [0, 0.1) is 6.92 Å². The van der Waals surface area contributed by atoms with Gasteiger partial charge in [0.2, 0.25) is 5.91 Å². The third kappa shape index (κ3) is 3.79. The van der Waals surface area contributed by atoms with Crippen molar-refractivity contribution < 1.29 is 4.79 Å². The Labute approximate surface area is 166 Å². The molecule has 2 heterocycles. The zero-order valence-electron chi connectivity index (χ0n) is 15.2. The average Bonchev–Trinajstić information content (AvgIpc) is 3.06. The Morgan fingerprint density at radius 3 is 2.54 bits per heavy atom. The molecule has 0 aliphatic carbocycles. The van der Waals surface area contributed by atoms with Crippen LogP contribution in [0.25, 0.3) is 22.3 Å². The number of amides is 1. The molecular weight excluding hydrogens is 376 g/mol. The first-order valence-electron chi connectivity index (χ1n) is 8.62. The van der Waals surface area contributed by atoms with E-state index in [1.807, 2.05) is 43.3 Å². The van der Waals surface area contributed by atoms with Gasteiger partial charge in [-0.1, -0.05) is 11.6 Å². The molecular formula is C20H17ClN6O. The highest BCUT2D eigenvalue weighted by Crippen LogP contribution is 2.29. The van der Waals surface area contributed by atoms with Crippen LogP contribution in [0.5, 0.6) is 0 Å². The summed E-state index contributed by atoms with van der Waals surface area (Å²) in [5.74, 6) is 1.68. The van der Waals surface area contributed by atoms with E-state index in [9.17, 15) is 4.79 Å². The summed E-state index contributed by atoms with van der Waals surface area (Å²) in [5, 5.41) is 14.6. The van der Waals surface area contributed by atoms with E-state index in [0.717, 1.165) is 16.6 Å². The van der Waals surface area contributed by atoms with Crippen molar-refractivity contribution in [2.75, 3.05) is 10.6 Å². The van der Waals surface area contributed by atoms with Gasteiger partial charge in [-0.2, -0.15) is 5.10 Å². The van der Waals surface area contributed by atoms with Crippen LogP contribution in [0.15, 0.2) is 48.5 Å². The van der Waals surface area contributed by atoms with Gasteiger partial charge < -0.3 is 10.6 Å². The van der Waals surface area contributed by atoms with Crippen LogP contribution in [0.4, 0.5) is 17.3 Å². The van der Waals surface area contributed by atoms with E-state index in [4.69, 9.17) is 11.6 Å². The predicted molar refractivity (Wildman–Crippen MR) is 111 cm³/mol. The minimum Gasteiger partial charge on any atom is -0.326 e. The fourth-order valence-corrected chi connectivity index (χ4v) is 2.96. The van der Waals surface area contributed by atoms with E-state index >= 15 is 0 Å². The third-order valence-electron chi connectivity index (χ3n) is 4.07. The number of aryl methyl sites for hydroxylation is 1. The van der Waals surface area contributed by atoms with Crippen molar-refractivity contribution in [3.05, 3.63) is 59.2 Å². The van der Waals surface area contributed by atoms with Gasteiger partial charge >= 0.3 is 0 Å². The van der Waals surface area contributed by atoms with Gasteiger partial charge in [-0.05, 0) is 49.4 Å². The largest absolute Gasteiger partial charge is 0.326 e. The Kier molecular flexibility index (Phi) is 4.67. The second kappa shape index (κ2) is 7.28. The van der Waals surface area contributed by atoms with Gasteiger partial charge in [0.15, 0.2) is 11.6 Å². The molecule has 1 amide bonds. The van der Waals surface area contributed by atoms with Crippen LogP contribution in [-0.4, -0.2) is 26.1 Å². The number of aromatic nitrogens is 4. The minimum absolute atomic E-state index is 0.142. The molecule has 0 saturated carbocycles. The molecule has 8 heteroatoms. The molecule has 0 saturated heterocycles. The zero-order valence-corrected chi connectivity index (χ0v) is 16.0. The predicted octanol–water partition coefficient (Wildman–Crippen LogP) is 4.68. The molecule has 0 spiro atoms. The quantitative estimate of drug-likeness (QED) is 0.468. The molecule has 0 fully saturated rings. The van der Waals surface area contributed by atoms with Crippen LogP contribution in [0.1, 0.15) is 12.6 Å². The number of rotatable bonds is 4. The molecule has 0 radical (unpaired) electrons. The lowest BCUT2D eigenvalue weighted by atomic mass is 10.1. The van der Waals surface area contributed by atoms with Gasteiger partial charge in [0, 0.05) is 40.3 Å². The summed E-state index contributed by atoms with van der Waals surface area (Å²) in [5.41, 5.74) is 3.13. The fraction of sp³-hybridized carbons (Fsp3) is 0.100. The highest BCUT2D eigenvalue weighted by Gasteiger charge is 2.12. The third-order valence-corrected chi connectivity index (χ3v) is 4.32. The maximum Gasteiger partial charge on any atom is 0.221 e. The maximum atomic E-state index is 11.4. The second-order valence-corrected chi connectivity index (χ2v) is 6.81. The van der Waals surface area contributed by atoms with Gasteiger partial charge in [0.1, 0.15) is 5.82 Å². The number of H-pyrrole nitrogens is 1. The van der Waals surface area contributed by atoms with Crippen molar-refractivity contribution in [2.45, 2.75) is 13.8 Å². The zero-order chi connectivity index (χ0) is 19.7. The smallest absolute Gasteiger partial charge is 0.221 e. The molecule has 28 heavy (non-hydrogen) atoms. The number of fused-ring (bicyclic) bond motifs is 1. The van der Waals surface area contributed by atoms with Gasteiger partial charge in [-0.3, -0.25) is 9.89 Å². The topological polar surface area (TPSA) is 95.6 Å². The van der Waals surface area contributed by atoms with E-state index in [1.165, 1.54) is 6.92 Å². The molecule has 0 aliphatic rings. The lowest BCUT2D eigenvalue weighted by molar-refractivity contribution is -0.114. The van der Waals surface area contributed by atoms with Crippen molar-refractivity contribution in [1.29, 1.82) is 0 Å². The number of hydrogen-bond donors (Lipinski definition) is 3. The van der Waals surface area contributed by atoms with E-state index in [0.29, 0.717) is 33.7 Å². The van der Waals surface area contributed by atoms with Crippen LogP contribution >= 0.6 is 11.6 Å². The van der Waals surface area contributed by atoms with Crippen molar-refractivity contribution in [2.24, 2.45) is 0 Å². The number of anilines is 3. The van der Waals surface area contributed by atoms with Crippen molar-refractivity contribution in [1.82, 2.24) is 20.2 Å². The summed E-state index contributed by atoms with van der Waals surface area (Å²) < 4.78 is 0. The van der Waals surface area contributed by atoms with Gasteiger partial charge in [0.05, 0.1) is 5.52 Å². The van der Waals surface area contributed by atoms with Crippen LogP contribution in [-0.2, 0) is 4.79 Å². The standard InChI is InChI=1S/C20H17ClN6O/c1-11-9-18(27-26-11)24-20-16-8-7-15(22-12(2)28)10-17(16)23-19(25-20)13-3-5-14(21)6-4-13/h3-10H,1-2H3,(H,22,28)(H2,23,24,25,26,27). The number of nitrogens with zero attached hydrogens (tertiary/aromatic N) is 3. The molecule has 3 N–H and O–H groups in total. The summed E-state index contributed by atoms with van der Waals surface area (Å²) >= 11 is 6.00. The lowest BCUT2D eigenvalue weighted by Crippen LogP contribution is -2.06. The van der Waals surface area contributed by atoms with Crippen LogP contribution in [0.2, 0.25) is 5.02 Å². The van der Waals surface area contributed by atoms with Crippen molar-refractivity contribution in [3.63, 3.8) is 0 Å². The average molecular weight is 393 g/mol. The number of carbonyl (C=O) groups excluding carboxylic acids is 1. The molecule has 4 rings (SSSR count). The first-order valence-corrected chi connectivity index (χ1v) is 9.00. The molecule has 0 unspecified atom stereocenters. The molecule has 2 aromatic carbocycles. The number of halogens is 1. The molecule has 0 aliphatic heterocycles. The van der Waals surface area contributed by atoms with E-state index in [-0.39, 0.29) is 5.91 Å². The van der Waals surface area contributed by atoms with E-state index in [2.05, 4.69) is 30.8 Å². The summed E-state index contributed by atoms with van der Waals surface area (Å²) in [7, 11) is 0. The summed E-state index contributed by atoms with van der Waals surface area (Å²) in [6.45, 7) is 3.39. The van der Waals surface area contributed by atoms with Crippen LogP contribution in [0.3, 0.4) is 0 Å². The summed E-state index contributed by atoms with van der Waals surface area (Å²) in [4.78, 5) is 20.8. The highest BCUT2D eigenvalue weighted by atomic mass is 35.5. The second-order valence-electron chi connectivity index (χ2n) is 6.38. The Morgan fingerprint density at radius 1 is 1.07 bits per heavy atom. The highest BCUT2D eigenvalue weighted by molar-refractivity contribution is 6.30. The molecule has 2 aromatic heterocycles. The number of nitrogens with one attached hydrogen (secondary N) is 3. The maximum absolute atomic E-state index is 11.4. The SMILES string of the molecule is CC(=O)Nc1ccc2c(Nc3cc(C)[nH]n3)nc(-c3ccc(Cl)cc3)nc2c1. The molecule has 140 valence electrons. The number of aromatic amines is 1. The normalized spacial score (nSPS) is 10.8. The van der Waals surface area contributed by atoms with E-state index < -0.39 is 0 Å². The first-order chi connectivity index (χ1) is 13.5. The van der Waals surface area contributed by atoms with Gasteiger partial charge in [-0.25, -0.2) is 9.97 Å². The van der Waals surface area contributed by atoms with Crippen LogP contribution < -0.4 is 10.6 Å². The van der Waals surface area contributed by atoms with E-state index in [1.54, 1.807) is 12.1 Å². The molecule has 0 atom stereocenters. The van der Waals surface area contributed by atoms with Gasteiger partial charge in [0.25, 0.3) is 0 Å². The van der Waals surface area contributed by atoms with Crippen molar-refractivity contribution >= 4 is 45.7 Å². The molecule has 0 bridgehead atoms. The number of benzene rings is 2. The number of carbonyl (C=O) groups is 1. The molecule has 7 nitrogen and oxygen atoms in total. The van der Waals surface area contributed by atoms with Gasteiger partial charge in [-0.15, -0.1) is 0 Å². The summed E-state index contributed by atoms with van der Waals surface area (Å²) in [6, 6.07) is 14.7. The molecule has 4 aromatic rings. The van der Waals surface area contributed by atoms with Crippen molar-refractivity contribution in [3.8, 4) is 11.4 Å². The number of hydrogen-bond acceptors (Lipinski definition) is 5. The summed E-state index contributed by atoms with van der Waals surface area (Å²) in [6.07, 6.45) is 0. The minimum atomic E-state index is -0.142. The monoisotopic (exact) mass is 392 g/mol. The Bertz CT molecular complexity index is 1170. The fourth-order valence-electron chi connectivity index (χ4n) is 2.84.